The lowest BCUT2D eigenvalue weighted by Crippen LogP contribution is -2.40. The molecule has 1 aliphatic rings. The number of hydrogen-bond donors (Lipinski definition) is 2. The SMILES string of the molecule is CCn1nc(N)cc1C(=O)NC1CCC1. The molecule has 1 heterocycles. The summed E-state index contributed by atoms with van der Waals surface area (Å²) < 4.78 is 1.63. The van der Waals surface area contributed by atoms with Crippen LogP contribution >= 0.6 is 0 Å². The van der Waals surface area contributed by atoms with Crippen molar-refractivity contribution in [3.8, 4) is 0 Å². The Balaban J connectivity index is 2.09. The molecule has 0 atom stereocenters. The molecule has 0 spiro atoms. The highest BCUT2D eigenvalue weighted by Crippen LogP contribution is 2.18. The largest absolute Gasteiger partial charge is 0.382 e. The van der Waals surface area contributed by atoms with E-state index in [-0.39, 0.29) is 5.91 Å². The molecule has 1 aliphatic carbocycles. The Labute approximate surface area is 88.6 Å². The van der Waals surface area contributed by atoms with Crippen molar-refractivity contribution in [3.63, 3.8) is 0 Å². The molecule has 1 amide bonds. The number of nitrogen functional groups attached to an aromatic ring is 1. The van der Waals surface area contributed by atoms with Crippen LogP contribution in [-0.4, -0.2) is 21.7 Å². The molecule has 5 heteroatoms. The maximum atomic E-state index is 11.8. The van der Waals surface area contributed by atoms with Crippen molar-refractivity contribution in [3.05, 3.63) is 11.8 Å². The molecular weight excluding hydrogens is 192 g/mol. The van der Waals surface area contributed by atoms with Gasteiger partial charge in [-0.05, 0) is 26.2 Å². The fourth-order valence-corrected chi connectivity index (χ4v) is 1.67. The topological polar surface area (TPSA) is 72.9 Å². The summed E-state index contributed by atoms with van der Waals surface area (Å²) >= 11 is 0. The van der Waals surface area contributed by atoms with E-state index in [1.165, 1.54) is 6.42 Å². The zero-order chi connectivity index (χ0) is 10.8. The lowest BCUT2D eigenvalue weighted by atomic mass is 9.93. The normalized spacial score (nSPS) is 16.1. The minimum absolute atomic E-state index is 0.0641. The Morgan fingerprint density at radius 3 is 3.00 bits per heavy atom. The Hall–Kier alpha value is -1.52. The van der Waals surface area contributed by atoms with Crippen molar-refractivity contribution >= 4 is 11.7 Å². The monoisotopic (exact) mass is 208 g/mol. The maximum Gasteiger partial charge on any atom is 0.269 e. The predicted molar refractivity (Wildman–Crippen MR) is 57.4 cm³/mol. The van der Waals surface area contributed by atoms with Crippen molar-refractivity contribution in [1.29, 1.82) is 0 Å². The number of anilines is 1. The second-order valence-corrected chi connectivity index (χ2v) is 3.87. The quantitative estimate of drug-likeness (QED) is 0.770. The van der Waals surface area contributed by atoms with Crippen LogP contribution in [0.2, 0.25) is 0 Å². The Morgan fingerprint density at radius 1 is 1.73 bits per heavy atom. The van der Waals surface area contributed by atoms with Crippen molar-refractivity contribution in [2.24, 2.45) is 0 Å². The summed E-state index contributed by atoms with van der Waals surface area (Å²) in [7, 11) is 0. The van der Waals surface area contributed by atoms with Crippen LogP contribution in [0, 0.1) is 0 Å². The van der Waals surface area contributed by atoms with Gasteiger partial charge < -0.3 is 11.1 Å². The van der Waals surface area contributed by atoms with Gasteiger partial charge in [0.2, 0.25) is 0 Å². The first-order chi connectivity index (χ1) is 7.20. The van der Waals surface area contributed by atoms with Crippen LogP contribution in [0.3, 0.4) is 0 Å². The summed E-state index contributed by atoms with van der Waals surface area (Å²) in [5.41, 5.74) is 6.12. The van der Waals surface area contributed by atoms with Crippen LogP contribution in [-0.2, 0) is 6.54 Å². The van der Waals surface area contributed by atoms with Gasteiger partial charge in [0.15, 0.2) is 0 Å². The molecule has 2 rings (SSSR count). The molecule has 0 bridgehead atoms. The lowest BCUT2D eigenvalue weighted by Gasteiger charge is -2.26. The number of hydrogen-bond acceptors (Lipinski definition) is 3. The summed E-state index contributed by atoms with van der Waals surface area (Å²) in [5, 5.41) is 7.00. The van der Waals surface area contributed by atoms with Gasteiger partial charge >= 0.3 is 0 Å². The number of nitrogens with one attached hydrogen (secondary N) is 1. The van der Waals surface area contributed by atoms with Crippen LogP contribution < -0.4 is 11.1 Å². The second kappa shape index (κ2) is 3.92. The van der Waals surface area contributed by atoms with Crippen LogP contribution in [0.4, 0.5) is 5.82 Å². The molecule has 1 saturated carbocycles. The van der Waals surface area contributed by atoms with E-state index < -0.39 is 0 Å². The van der Waals surface area contributed by atoms with Crippen molar-refractivity contribution in [2.75, 3.05) is 5.73 Å². The number of aryl methyl sites for hydroxylation is 1. The van der Waals surface area contributed by atoms with Crippen molar-refractivity contribution in [1.82, 2.24) is 15.1 Å². The zero-order valence-electron chi connectivity index (χ0n) is 8.86. The molecular formula is C10H16N4O. The Bertz CT molecular complexity index is 367. The van der Waals surface area contributed by atoms with E-state index in [1.807, 2.05) is 6.92 Å². The van der Waals surface area contributed by atoms with Gasteiger partial charge in [0.25, 0.3) is 5.91 Å². The van der Waals surface area contributed by atoms with Crippen LogP contribution in [0.25, 0.3) is 0 Å². The number of nitrogens with zero attached hydrogens (tertiary/aromatic N) is 2. The van der Waals surface area contributed by atoms with Gasteiger partial charge in [0.1, 0.15) is 11.5 Å². The van der Waals surface area contributed by atoms with E-state index >= 15 is 0 Å². The van der Waals surface area contributed by atoms with E-state index in [9.17, 15) is 4.79 Å². The first-order valence-corrected chi connectivity index (χ1v) is 5.35. The molecule has 0 aromatic carbocycles. The van der Waals surface area contributed by atoms with Gasteiger partial charge in [-0.3, -0.25) is 9.48 Å². The zero-order valence-corrected chi connectivity index (χ0v) is 8.86. The fraction of sp³-hybridized carbons (Fsp3) is 0.600. The van der Waals surface area contributed by atoms with Gasteiger partial charge in [-0.2, -0.15) is 5.10 Å². The third-order valence-corrected chi connectivity index (χ3v) is 2.77. The molecule has 5 nitrogen and oxygen atoms in total. The number of carbonyl (C=O) groups excluding carboxylic acids is 1. The maximum absolute atomic E-state index is 11.8. The molecule has 15 heavy (non-hydrogen) atoms. The van der Waals surface area contributed by atoms with E-state index in [2.05, 4.69) is 10.4 Å². The molecule has 1 fully saturated rings. The number of nitrogens with two attached hydrogens (primary N) is 1. The molecule has 0 radical (unpaired) electrons. The van der Waals surface area contributed by atoms with Crippen molar-refractivity contribution in [2.45, 2.75) is 38.8 Å². The van der Waals surface area contributed by atoms with E-state index in [0.717, 1.165) is 12.8 Å². The van der Waals surface area contributed by atoms with E-state index in [1.54, 1.807) is 10.7 Å². The van der Waals surface area contributed by atoms with Crippen LogP contribution in [0.15, 0.2) is 6.07 Å². The van der Waals surface area contributed by atoms with Crippen LogP contribution in [0.1, 0.15) is 36.7 Å². The standard InChI is InChI=1S/C10H16N4O/c1-2-14-8(6-9(11)13-14)10(15)12-7-4-3-5-7/h6-7H,2-5H2,1H3,(H2,11,13)(H,12,15). The minimum Gasteiger partial charge on any atom is -0.382 e. The first kappa shape index (κ1) is 10.0. The van der Waals surface area contributed by atoms with E-state index in [0.29, 0.717) is 24.1 Å². The summed E-state index contributed by atoms with van der Waals surface area (Å²) in [6.07, 6.45) is 3.38. The van der Waals surface area contributed by atoms with Gasteiger partial charge in [-0.1, -0.05) is 0 Å². The fourth-order valence-electron chi connectivity index (χ4n) is 1.67. The number of rotatable bonds is 3. The Kier molecular flexibility index (Phi) is 2.62. The molecule has 1 aromatic heterocycles. The third kappa shape index (κ3) is 1.95. The highest BCUT2D eigenvalue weighted by atomic mass is 16.2. The third-order valence-electron chi connectivity index (χ3n) is 2.77. The summed E-state index contributed by atoms with van der Waals surface area (Å²) in [6, 6.07) is 1.97. The molecule has 3 N–H and O–H groups in total. The predicted octanol–water partition coefficient (Wildman–Crippen LogP) is 0.767. The average Bonchev–Trinajstić information content (AvgIpc) is 2.53. The van der Waals surface area contributed by atoms with Gasteiger partial charge in [0.05, 0.1) is 0 Å². The molecule has 0 aliphatic heterocycles. The molecule has 0 unspecified atom stereocenters. The number of aromatic nitrogens is 2. The highest BCUT2D eigenvalue weighted by molar-refractivity contribution is 5.93. The van der Waals surface area contributed by atoms with E-state index in [4.69, 9.17) is 5.73 Å². The lowest BCUT2D eigenvalue weighted by molar-refractivity contribution is 0.0906. The second-order valence-electron chi connectivity index (χ2n) is 3.87. The summed E-state index contributed by atoms with van der Waals surface area (Å²) in [5.74, 6) is 0.335. The number of amides is 1. The van der Waals surface area contributed by atoms with Crippen LogP contribution in [0.5, 0.6) is 0 Å². The molecule has 1 aromatic rings. The molecule has 82 valence electrons. The van der Waals surface area contributed by atoms with Gasteiger partial charge in [-0.25, -0.2) is 0 Å². The minimum atomic E-state index is -0.0641. The average molecular weight is 208 g/mol. The highest BCUT2D eigenvalue weighted by Gasteiger charge is 2.22. The smallest absolute Gasteiger partial charge is 0.269 e. The summed E-state index contributed by atoms with van der Waals surface area (Å²) in [6.45, 7) is 2.59. The summed E-state index contributed by atoms with van der Waals surface area (Å²) in [4.78, 5) is 11.8. The Morgan fingerprint density at radius 2 is 2.47 bits per heavy atom. The number of carbonyl (C=O) groups is 1. The first-order valence-electron chi connectivity index (χ1n) is 5.35. The van der Waals surface area contributed by atoms with Gasteiger partial charge in [-0.15, -0.1) is 0 Å². The van der Waals surface area contributed by atoms with Crippen molar-refractivity contribution < 1.29 is 4.79 Å². The molecule has 0 saturated heterocycles. The van der Waals surface area contributed by atoms with Gasteiger partial charge in [0, 0.05) is 18.7 Å².